The second-order valence-corrected chi connectivity index (χ2v) is 10.7. The van der Waals surface area contributed by atoms with Gasteiger partial charge in [-0.2, -0.15) is 0 Å². The summed E-state index contributed by atoms with van der Waals surface area (Å²) in [5.74, 6) is -0.996. The number of piperidine rings is 1. The summed E-state index contributed by atoms with van der Waals surface area (Å²) < 4.78 is 28.2. The van der Waals surface area contributed by atoms with Crippen LogP contribution >= 0.6 is 0 Å². The van der Waals surface area contributed by atoms with Crippen molar-refractivity contribution in [3.63, 3.8) is 0 Å². The van der Waals surface area contributed by atoms with Gasteiger partial charge in [0.15, 0.2) is 0 Å². The highest BCUT2D eigenvalue weighted by Gasteiger charge is 2.42. The molecule has 2 aliphatic rings. The van der Waals surface area contributed by atoms with E-state index in [1.807, 2.05) is 6.92 Å². The molecule has 1 aliphatic carbocycles. The lowest BCUT2D eigenvalue weighted by molar-refractivity contribution is -0.138. The number of rotatable bonds is 7. The molecule has 8 nitrogen and oxygen atoms in total. The molecule has 9 heteroatoms. The number of anilines is 1. The monoisotopic (exact) mass is 483 g/mol. The Hall–Kier alpha value is -3.04. The SMILES string of the molecule is CCC1(c2ccc(NC(=O)c3cccc(S(=O)(=O)NC4CCCC4)c3)cc2)CCC(=O)NC1=O. The number of benzene rings is 2. The van der Waals surface area contributed by atoms with E-state index in [9.17, 15) is 22.8 Å². The first-order valence-electron chi connectivity index (χ1n) is 11.6. The Morgan fingerprint density at radius 1 is 1.09 bits per heavy atom. The summed E-state index contributed by atoms with van der Waals surface area (Å²) in [7, 11) is -3.70. The standard InChI is InChI=1S/C25H29N3O5S/c1-2-25(15-14-22(29)27-24(25)31)18-10-12-19(13-11-18)26-23(30)17-6-5-9-21(16-17)34(32,33)28-20-7-3-4-8-20/h5-6,9-13,16,20,28H,2-4,7-8,14-15H2,1H3,(H,26,30)(H,27,29,31). The van der Waals surface area contributed by atoms with Gasteiger partial charge in [-0.25, -0.2) is 13.1 Å². The van der Waals surface area contributed by atoms with E-state index in [4.69, 9.17) is 0 Å². The van der Waals surface area contributed by atoms with Crippen LogP contribution in [0.2, 0.25) is 0 Å². The van der Waals surface area contributed by atoms with E-state index in [0.717, 1.165) is 31.2 Å². The number of imide groups is 1. The molecule has 1 unspecified atom stereocenters. The number of amides is 3. The maximum absolute atomic E-state index is 12.8. The summed E-state index contributed by atoms with van der Waals surface area (Å²) in [5, 5.41) is 5.21. The third-order valence-electron chi connectivity index (χ3n) is 6.85. The van der Waals surface area contributed by atoms with Gasteiger partial charge in [-0.05, 0) is 61.6 Å². The van der Waals surface area contributed by atoms with Crippen LogP contribution in [0.3, 0.4) is 0 Å². The van der Waals surface area contributed by atoms with Gasteiger partial charge in [-0.15, -0.1) is 0 Å². The van der Waals surface area contributed by atoms with Gasteiger partial charge in [0.1, 0.15) is 0 Å². The van der Waals surface area contributed by atoms with Crippen LogP contribution in [0.15, 0.2) is 53.4 Å². The van der Waals surface area contributed by atoms with Gasteiger partial charge >= 0.3 is 0 Å². The van der Waals surface area contributed by atoms with Crippen molar-refractivity contribution in [2.75, 3.05) is 5.32 Å². The molecule has 2 fully saturated rings. The van der Waals surface area contributed by atoms with Crippen LogP contribution in [0.1, 0.15) is 67.8 Å². The van der Waals surface area contributed by atoms with Gasteiger partial charge in [-0.3, -0.25) is 19.7 Å². The summed E-state index contributed by atoms with van der Waals surface area (Å²) in [6.07, 6.45) is 4.95. The third-order valence-corrected chi connectivity index (χ3v) is 8.37. The number of carbonyl (C=O) groups excluding carboxylic acids is 3. The van der Waals surface area contributed by atoms with Crippen molar-refractivity contribution in [3.05, 3.63) is 59.7 Å². The molecule has 1 atom stereocenters. The van der Waals surface area contributed by atoms with Crippen LogP contribution in [0.25, 0.3) is 0 Å². The molecule has 3 amide bonds. The first kappa shape index (κ1) is 24.1. The average Bonchev–Trinajstić information content (AvgIpc) is 3.33. The summed E-state index contributed by atoms with van der Waals surface area (Å²) >= 11 is 0. The van der Waals surface area contributed by atoms with Crippen LogP contribution in [-0.4, -0.2) is 32.2 Å². The van der Waals surface area contributed by atoms with Crippen molar-refractivity contribution in [2.24, 2.45) is 0 Å². The Kier molecular flexibility index (Phi) is 6.86. The van der Waals surface area contributed by atoms with Gasteiger partial charge in [0.05, 0.1) is 10.3 Å². The number of nitrogens with one attached hydrogen (secondary N) is 3. The van der Waals surface area contributed by atoms with E-state index in [-0.39, 0.29) is 34.7 Å². The number of carbonyl (C=O) groups is 3. The summed E-state index contributed by atoms with van der Waals surface area (Å²) in [5.41, 5.74) is 0.758. The zero-order valence-electron chi connectivity index (χ0n) is 19.1. The van der Waals surface area contributed by atoms with Crippen LogP contribution in [0.4, 0.5) is 5.69 Å². The van der Waals surface area contributed by atoms with Crippen molar-refractivity contribution >= 4 is 33.4 Å². The van der Waals surface area contributed by atoms with Gasteiger partial charge in [0, 0.05) is 23.7 Å². The lowest BCUT2D eigenvalue weighted by Gasteiger charge is -2.35. The minimum atomic E-state index is -3.70. The molecule has 1 saturated heterocycles. The molecule has 0 bridgehead atoms. The maximum atomic E-state index is 12.8. The fourth-order valence-corrected chi connectivity index (χ4v) is 6.13. The van der Waals surface area contributed by atoms with Crippen LogP contribution in [0.5, 0.6) is 0 Å². The molecule has 0 spiro atoms. The molecule has 34 heavy (non-hydrogen) atoms. The lowest BCUT2D eigenvalue weighted by Crippen LogP contribution is -2.51. The smallest absolute Gasteiger partial charge is 0.255 e. The summed E-state index contributed by atoms with van der Waals surface area (Å²) in [6.45, 7) is 1.91. The molecule has 0 radical (unpaired) electrons. The maximum Gasteiger partial charge on any atom is 0.255 e. The zero-order chi connectivity index (χ0) is 24.3. The van der Waals surface area contributed by atoms with Crippen LogP contribution in [-0.2, 0) is 25.0 Å². The van der Waals surface area contributed by atoms with Gasteiger partial charge in [0.2, 0.25) is 21.8 Å². The predicted molar refractivity (Wildman–Crippen MR) is 128 cm³/mol. The zero-order valence-corrected chi connectivity index (χ0v) is 19.9. The third kappa shape index (κ3) is 4.90. The molecule has 180 valence electrons. The Balaban J connectivity index is 1.47. The predicted octanol–water partition coefficient (Wildman–Crippen LogP) is 3.24. The van der Waals surface area contributed by atoms with Gasteiger partial charge in [-0.1, -0.05) is 38.0 Å². The normalized spacial score (nSPS) is 21.3. The average molecular weight is 484 g/mol. The topological polar surface area (TPSA) is 121 Å². The van der Waals surface area contributed by atoms with Crippen molar-refractivity contribution < 1.29 is 22.8 Å². The second kappa shape index (κ2) is 9.68. The van der Waals surface area contributed by atoms with E-state index in [1.54, 1.807) is 36.4 Å². The Labute approximate surface area is 199 Å². The first-order valence-corrected chi connectivity index (χ1v) is 13.1. The van der Waals surface area contributed by atoms with Gasteiger partial charge < -0.3 is 5.32 Å². The first-order chi connectivity index (χ1) is 16.2. The molecule has 1 saturated carbocycles. The van der Waals surface area contributed by atoms with Gasteiger partial charge in [0.25, 0.3) is 5.91 Å². The van der Waals surface area contributed by atoms with Crippen LogP contribution in [0, 0.1) is 0 Å². The quantitative estimate of drug-likeness (QED) is 0.522. The largest absolute Gasteiger partial charge is 0.322 e. The Morgan fingerprint density at radius 2 is 1.79 bits per heavy atom. The molecular weight excluding hydrogens is 454 g/mol. The van der Waals surface area contributed by atoms with E-state index in [2.05, 4.69) is 15.4 Å². The molecule has 3 N–H and O–H groups in total. The van der Waals surface area contributed by atoms with E-state index < -0.39 is 21.3 Å². The van der Waals surface area contributed by atoms with E-state index in [1.165, 1.54) is 12.1 Å². The van der Waals surface area contributed by atoms with Crippen molar-refractivity contribution in [1.29, 1.82) is 0 Å². The molecular formula is C25H29N3O5S. The van der Waals surface area contributed by atoms with Crippen molar-refractivity contribution in [1.82, 2.24) is 10.0 Å². The molecule has 1 aliphatic heterocycles. The molecule has 1 heterocycles. The highest BCUT2D eigenvalue weighted by atomic mass is 32.2. The van der Waals surface area contributed by atoms with Crippen molar-refractivity contribution in [3.8, 4) is 0 Å². The fraction of sp³-hybridized carbons (Fsp3) is 0.400. The highest BCUT2D eigenvalue weighted by Crippen LogP contribution is 2.36. The Morgan fingerprint density at radius 3 is 2.44 bits per heavy atom. The van der Waals surface area contributed by atoms with Crippen LogP contribution < -0.4 is 15.4 Å². The lowest BCUT2D eigenvalue weighted by atomic mass is 9.72. The Bertz CT molecular complexity index is 1200. The van der Waals surface area contributed by atoms with Crippen molar-refractivity contribution in [2.45, 2.75) is 68.2 Å². The minimum absolute atomic E-state index is 0.0585. The number of hydrogen-bond acceptors (Lipinski definition) is 5. The fourth-order valence-electron chi connectivity index (χ4n) is 4.78. The number of hydrogen-bond donors (Lipinski definition) is 3. The minimum Gasteiger partial charge on any atom is -0.322 e. The molecule has 2 aromatic rings. The highest BCUT2D eigenvalue weighted by molar-refractivity contribution is 7.89. The molecule has 4 rings (SSSR count). The van der Waals surface area contributed by atoms with E-state index in [0.29, 0.717) is 18.5 Å². The second-order valence-electron chi connectivity index (χ2n) is 8.97. The molecule has 2 aromatic carbocycles. The summed E-state index contributed by atoms with van der Waals surface area (Å²) in [4.78, 5) is 37.0. The van der Waals surface area contributed by atoms with E-state index >= 15 is 0 Å². The summed E-state index contributed by atoms with van der Waals surface area (Å²) in [6, 6.07) is 12.9. The number of sulfonamides is 1. The molecule has 0 aromatic heterocycles.